The molecule has 0 unspecified atom stereocenters. The molecule has 0 radical (unpaired) electrons. The number of ether oxygens (including phenoxy) is 1. The number of amides is 1. The first-order valence-electron chi connectivity index (χ1n) is 10.6. The Morgan fingerprint density at radius 1 is 1.22 bits per heavy atom. The number of aliphatic hydroxyl groups excluding tert-OH is 1. The Morgan fingerprint density at radius 3 is 2.47 bits per heavy atom. The van der Waals surface area contributed by atoms with E-state index in [-0.39, 0.29) is 31.0 Å². The van der Waals surface area contributed by atoms with Crippen molar-refractivity contribution in [1.29, 1.82) is 0 Å². The molecule has 1 aromatic heterocycles. The first-order chi connectivity index (χ1) is 14.8. The number of alkyl halides is 3. The third-order valence-electron chi connectivity index (χ3n) is 5.51. The number of hydrogen-bond acceptors (Lipinski definition) is 7. The van der Waals surface area contributed by atoms with Gasteiger partial charge in [0.15, 0.2) is 5.78 Å². The predicted molar refractivity (Wildman–Crippen MR) is 110 cm³/mol. The van der Waals surface area contributed by atoms with E-state index in [9.17, 15) is 27.9 Å². The summed E-state index contributed by atoms with van der Waals surface area (Å²) in [5.41, 5.74) is -1.63. The summed E-state index contributed by atoms with van der Waals surface area (Å²) in [7, 11) is 0. The van der Waals surface area contributed by atoms with E-state index >= 15 is 0 Å². The van der Waals surface area contributed by atoms with Gasteiger partial charge < -0.3 is 20.1 Å². The summed E-state index contributed by atoms with van der Waals surface area (Å²) in [4.78, 5) is 31.7. The summed E-state index contributed by atoms with van der Waals surface area (Å²) in [6, 6.07) is 2.66. The Labute approximate surface area is 184 Å². The van der Waals surface area contributed by atoms with Gasteiger partial charge in [0.05, 0.1) is 12.6 Å². The minimum atomic E-state index is -4.59. The standard InChI is InChI=1S/C21H29F3N4O4/c1-20(2,3)32-19(31)27-9-7-13(8-10-27)28-11-14(18(30)15(29)12-28)25-17-6-4-5-16(26-17)21(22,23)24/h4-6,13-14,18,30H,7-12H2,1-3H3,(H,25,26)/t14-,18+/m0/s1. The largest absolute Gasteiger partial charge is 0.444 e. The van der Waals surface area contributed by atoms with E-state index in [1.54, 1.807) is 25.7 Å². The van der Waals surface area contributed by atoms with Crippen LogP contribution in [-0.4, -0.2) is 81.7 Å². The van der Waals surface area contributed by atoms with E-state index in [0.717, 1.165) is 6.07 Å². The number of piperidine rings is 2. The van der Waals surface area contributed by atoms with Crippen LogP contribution < -0.4 is 5.32 Å². The van der Waals surface area contributed by atoms with E-state index in [4.69, 9.17) is 4.74 Å². The number of hydrogen-bond donors (Lipinski definition) is 2. The molecule has 8 nitrogen and oxygen atoms in total. The van der Waals surface area contributed by atoms with Crippen molar-refractivity contribution in [1.82, 2.24) is 14.8 Å². The lowest BCUT2D eigenvalue weighted by Crippen LogP contribution is -2.60. The highest BCUT2D eigenvalue weighted by atomic mass is 19.4. The first kappa shape index (κ1) is 24.2. The van der Waals surface area contributed by atoms with Gasteiger partial charge in [0, 0.05) is 25.7 Å². The van der Waals surface area contributed by atoms with Crippen LogP contribution in [0.5, 0.6) is 0 Å². The summed E-state index contributed by atoms with van der Waals surface area (Å²) >= 11 is 0. The van der Waals surface area contributed by atoms with E-state index < -0.39 is 35.4 Å². The van der Waals surface area contributed by atoms with E-state index in [1.165, 1.54) is 12.1 Å². The smallest absolute Gasteiger partial charge is 0.433 e. The number of anilines is 1. The monoisotopic (exact) mass is 458 g/mol. The number of Topliss-reactive ketones (excluding diaryl/α,β-unsaturated/α-hetero) is 1. The van der Waals surface area contributed by atoms with Gasteiger partial charge in [0.2, 0.25) is 0 Å². The third kappa shape index (κ3) is 6.10. The predicted octanol–water partition coefficient (Wildman–Crippen LogP) is 2.53. The van der Waals surface area contributed by atoms with Crippen molar-refractivity contribution in [3.63, 3.8) is 0 Å². The Hall–Kier alpha value is -2.40. The molecular weight excluding hydrogens is 429 g/mol. The molecule has 3 rings (SSSR count). The highest BCUT2D eigenvalue weighted by Gasteiger charge is 2.39. The zero-order valence-corrected chi connectivity index (χ0v) is 18.4. The van der Waals surface area contributed by atoms with Crippen LogP contribution in [-0.2, 0) is 15.7 Å². The molecule has 1 amide bonds. The van der Waals surface area contributed by atoms with Gasteiger partial charge in [0.1, 0.15) is 23.2 Å². The molecule has 0 saturated carbocycles. The Balaban J connectivity index is 1.62. The van der Waals surface area contributed by atoms with Crippen molar-refractivity contribution >= 4 is 17.7 Å². The number of nitrogens with one attached hydrogen (secondary N) is 1. The van der Waals surface area contributed by atoms with E-state index in [2.05, 4.69) is 10.3 Å². The summed E-state index contributed by atoms with van der Waals surface area (Å²) in [5.74, 6) is -0.464. The molecule has 0 aliphatic carbocycles. The maximum Gasteiger partial charge on any atom is 0.433 e. The molecule has 0 aromatic carbocycles. The first-order valence-corrected chi connectivity index (χ1v) is 10.6. The highest BCUT2D eigenvalue weighted by molar-refractivity contribution is 5.87. The fourth-order valence-electron chi connectivity index (χ4n) is 3.94. The second kappa shape index (κ2) is 9.22. The topological polar surface area (TPSA) is 95.0 Å². The Kier molecular flexibility index (Phi) is 6.99. The van der Waals surface area contributed by atoms with Crippen LogP contribution in [0.2, 0.25) is 0 Å². The molecule has 2 aliphatic heterocycles. The quantitative estimate of drug-likeness (QED) is 0.719. The van der Waals surface area contributed by atoms with Gasteiger partial charge in [-0.25, -0.2) is 9.78 Å². The molecule has 3 heterocycles. The maximum absolute atomic E-state index is 12.9. The van der Waals surface area contributed by atoms with Crippen LogP contribution in [0.1, 0.15) is 39.3 Å². The average Bonchev–Trinajstić information content (AvgIpc) is 2.70. The summed E-state index contributed by atoms with van der Waals surface area (Å²) in [6.45, 7) is 6.66. The number of rotatable bonds is 3. The minimum absolute atomic E-state index is 0.00362. The molecule has 178 valence electrons. The normalized spacial score (nSPS) is 23.8. The molecule has 0 bridgehead atoms. The second-order valence-corrected chi connectivity index (χ2v) is 9.20. The van der Waals surface area contributed by atoms with Crippen LogP contribution in [0.4, 0.5) is 23.8 Å². The molecule has 2 aliphatic rings. The van der Waals surface area contributed by atoms with E-state index in [0.29, 0.717) is 25.9 Å². The van der Waals surface area contributed by atoms with Gasteiger partial charge in [-0.1, -0.05) is 6.07 Å². The molecule has 11 heteroatoms. The van der Waals surface area contributed by atoms with E-state index in [1.807, 2.05) is 4.90 Å². The number of aliphatic hydroxyl groups is 1. The highest BCUT2D eigenvalue weighted by Crippen LogP contribution is 2.29. The molecule has 0 spiro atoms. The number of carbonyl (C=O) groups is 2. The third-order valence-corrected chi connectivity index (χ3v) is 5.51. The second-order valence-electron chi connectivity index (χ2n) is 9.20. The van der Waals surface area contributed by atoms with Crippen molar-refractivity contribution in [2.75, 3.05) is 31.5 Å². The number of nitrogens with zero attached hydrogens (tertiary/aromatic N) is 3. The number of halogens is 3. The Bertz CT molecular complexity index is 835. The lowest BCUT2D eigenvalue weighted by atomic mass is 9.95. The SMILES string of the molecule is CC(C)(C)OC(=O)N1CCC(N2CC(=O)[C@H](O)[C@@H](Nc3cccc(C(F)(F)F)n3)C2)CC1. The number of carbonyl (C=O) groups excluding carboxylic acids is 2. The summed E-state index contributed by atoms with van der Waals surface area (Å²) in [5, 5.41) is 13.1. The molecule has 2 saturated heterocycles. The lowest BCUT2D eigenvalue weighted by Gasteiger charge is -2.43. The van der Waals surface area contributed by atoms with Crippen molar-refractivity contribution < 1.29 is 32.6 Å². The Morgan fingerprint density at radius 2 is 1.88 bits per heavy atom. The van der Waals surface area contributed by atoms with Gasteiger partial charge >= 0.3 is 12.3 Å². The molecule has 32 heavy (non-hydrogen) atoms. The average molecular weight is 458 g/mol. The van der Waals surface area contributed by atoms with Gasteiger partial charge in [-0.2, -0.15) is 13.2 Å². The minimum Gasteiger partial charge on any atom is -0.444 e. The summed E-state index contributed by atoms with van der Waals surface area (Å²) in [6.07, 6.45) is -5.07. The zero-order chi connectivity index (χ0) is 23.7. The van der Waals surface area contributed by atoms with Crippen LogP contribution in [0.15, 0.2) is 18.2 Å². The fraction of sp³-hybridized carbons (Fsp3) is 0.667. The van der Waals surface area contributed by atoms with Gasteiger partial charge in [-0.3, -0.25) is 9.69 Å². The maximum atomic E-state index is 12.9. The lowest BCUT2D eigenvalue weighted by molar-refractivity contribution is -0.141. The van der Waals surface area contributed by atoms with Crippen molar-refractivity contribution in [3.05, 3.63) is 23.9 Å². The molecule has 2 N–H and O–H groups in total. The van der Waals surface area contributed by atoms with Crippen LogP contribution in [0, 0.1) is 0 Å². The molecule has 2 atom stereocenters. The number of aromatic nitrogens is 1. The van der Waals surface area contributed by atoms with Crippen molar-refractivity contribution in [3.8, 4) is 0 Å². The fourth-order valence-corrected chi connectivity index (χ4v) is 3.94. The van der Waals surface area contributed by atoms with Gasteiger partial charge in [0.25, 0.3) is 0 Å². The van der Waals surface area contributed by atoms with Gasteiger partial charge in [-0.15, -0.1) is 0 Å². The summed E-state index contributed by atoms with van der Waals surface area (Å²) < 4.78 is 44.2. The number of pyridine rings is 1. The molecule has 2 fully saturated rings. The molecular formula is C21H29F3N4O4. The van der Waals surface area contributed by atoms with Crippen molar-refractivity contribution in [2.45, 2.75) is 63.6 Å². The number of ketones is 1. The van der Waals surface area contributed by atoms with Crippen LogP contribution in [0.25, 0.3) is 0 Å². The van der Waals surface area contributed by atoms with Crippen LogP contribution >= 0.6 is 0 Å². The number of likely N-dealkylation sites (tertiary alicyclic amines) is 2. The van der Waals surface area contributed by atoms with Crippen LogP contribution in [0.3, 0.4) is 0 Å². The molecule has 1 aromatic rings. The van der Waals surface area contributed by atoms with Crippen molar-refractivity contribution in [2.24, 2.45) is 0 Å². The zero-order valence-electron chi connectivity index (χ0n) is 18.4. The van der Waals surface area contributed by atoms with Gasteiger partial charge in [-0.05, 0) is 45.7 Å².